The second-order valence-corrected chi connectivity index (χ2v) is 11.0. The molecule has 7 nitrogen and oxygen atoms in total. The largest absolute Gasteiger partial charge is 0.455 e. The smallest absolute Gasteiger partial charge is 0.309 e. The fraction of sp³-hybridized carbons (Fsp3) is 0.500. The van der Waals surface area contributed by atoms with Gasteiger partial charge in [0.05, 0.1) is 35.4 Å². The lowest BCUT2D eigenvalue weighted by molar-refractivity contribution is -0.156. The molecule has 0 unspecified atom stereocenters. The highest BCUT2D eigenvalue weighted by Gasteiger charge is 2.42. The van der Waals surface area contributed by atoms with Crippen LogP contribution in [-0.2, 0) is 14.3 Å². The number of aromatic nitrogens is 2. The summed E-state index contributed by atoms with van der Waals surface area (Å²) in [4.78, 5) is 35.1. The van der Waals surface area contributed by atoms with E-state index in [-0.39, 0.29) is 18.1 Å². The van der Waals surface area contributed by atoms with Crippen molar-refractivity contribution in [2.24, 2.45) is 17.3 Å². The number of ether oxygens (including phenoxy) is 1. The van der Waals surface area contributed by atoms with Gasteiger partial charge in [-0.15, -0.1) is 11.3 Å². The fourth-order valence-electron chi connectivity index (χ4n) is 4.23. The molecular weight excluding hydrogens is 476 g/mol. The molecule has 0 amide bonds. The first-order valence-electron chi connectivity index (χ1n) is 12.3. The average molecular weight is 513 g/mol. The van der Waals surface area contributed by atoms with E-state index in [4.69, 9.17) is 4.74 Å². The number of esters is 1. The zero-order chi connectivity index (χ0) is 26.5. The lowest BCUT2D eigenvalue weighted by atomic mass is 9.73. The number of nitrogens with zero attached hydrogens (tertiary/aromatic N) is 2. The number of carbonyl (C=O) groups excluding carboxylic acids is 2. The van der Waals surface area contributed by atoms with Crippen LogP contribution >= 0.6 is 11.3 Å². The van der Waals surface area contributed by atoms with Crippen LogP contribution in [0.15, 0.2) is 53.6 Å². The summed E-state index contributed by atoms with van der Waals surface area (Å²) in [7, 11) is 0. The van der Waals surface area contributed by atoms with Gasteiger partial charge in [0.25, 0.3) is 0 Å². The maximum atomic E-state index is 13.2. The highest BCUT2D eigenvalue weighted by molar-refractivity contribution is 7.13. The minimum atomic E-state index is -1.26. The normalized spacial score (nSPS) is 30.8. The second-order valence-electron chi connectivity index (χ2n) is 10.1. The third-order valence-corrected chi connectivity index (χ3v) is 7.75. The standard InChI is InChI=1S/C28H36N2O5S/c1-17-9-8-10-18(2)25(33)19(3)26(34)28(4,5)23(31)15-24(32)35-22(13-12-17)21-16-36-27(30-21)20-11-6-7-14-29-20/h6-8,10-12,14,16,18-19,22-23,25,31,33H,9,13,15H2,1-5H3/b10-8-,17-12-/t18-,19+,22-,23-,25-/m0/s1. The van der Waals surface area contributed by atoms with Gasteiger partial charge in [0, 0.05) is 29.8 Å². The fourth-order valence-corrected chi connectivity index (χ4v) is 5.06. The predicted molar refractivity (Wildman–Crippen MR) is 140 cm³/mol. The quantitative estimate of drug-likeness (QED) is 0.427. The molecule has 1 aliphatic heterocycles. The molecule has 0 radical (unpaired) electrons. The molecule has 36 heavy (non-hydrogen) atoms. The van der Waals surface area contributed by atoms with Crippen molar-refractivity contribution < 1.29 is 24.5 Å². The van der Waals surface area contributed by atoms with Crippen molar-refractivity contribution >= 4 is 23.1 Å². The average Bonchev–Trinajstić information content (AvgIpc) is 3.35. The summed E-state index contributed by atoms with van der Waals surface area (Å²) in [5.74, 6) is -1.85. The molecule has 0 fully saturated rings. The molecule has 5 atom stereocenters. The maximum absolute atomic E-state index is 13.2. The van der Waals surface area contributed by atoms with Gasteiger partial charge in [-0.1, -0.05) is 57.6 Å². The van der Waals surface area contributed by atoms with Gasteiger partial charge in [0.2, 0.25) is 0 Å². The predicted octanol–water partition coefficient (Wildman–Crippen LogP) is 5.07. The Morgan fingerprint density at radius 1 is 1.17 bits per heavy atom. The Morgan fingerprint density at radius 2 is 1.92 bits per heavy atom. The van der Waals surface area contributed by atoms with Crippen molar-refractivity contribution in [3.63, 3.8) is 0 Å². The van der Waals surface area contributed by atoms with Gasteiger partial charge in [-0.25, -0.2) is 4.98 Å². The van der Waals surface area contributed by atoms with Crippen LogP contribution in [0.3, 0.4) is 0 Å². The van der Waals surface area contributed by atoms with E-state index in [1.54, 1.807) is 27.0 Å². The summed E-state index contributed by atoms with van der Waals surface area (Å²) in [5.41, 5.74) is 1.20. The van der Waals surface area contributed by atoms with Gasteiger partial charge in [-0.2, -0.15) is 0 Å². The van der Waals surface area contributed by atoms with Gasteiger partial charge in [0.15, 0.2) is 0 Å². The van der Waals surface area contributed by atoms with Crippen molar-refractivity contribution in [1.29, 1.82) is 0 Å². The molecule has 8 heteroatoms. The number of rotatable bonds is 2. The number of carbonyl (C=O) groups is 2. The first-order valence-corrected chi connectivity index (χ1v) is 13.2. The number of ketones is 1. The van der Waals surface area contributed by atoms with Crippen LogP contribution in [-0.4, -0.2) is 44.1 Å². The maximum Gasteiger partial charge on any atom is 0.309 e. The number of hydrogen-bond acceptors (Lipinski definition) is 8. The Kier molecular flexibility index (Phi) is 9.33. The van der Waals surface area contributed by atoms with Crippen LogP contribution in [0.5, 0.6) is 0 Å². The number of aliphatic hydroxyl groups excluding tert-OH is 2. The van der Waals surface area contributed by atoms with E-state index in [9.17, 15) is 19.8 Å². The number of pyridine rings is 1. The number of allylic oxidation sites excluding steroid dienone is 2. The summed E-state index contributed by atoms with van der Waals surface area (Å²) in [6.45, 7) is 8.72. The summed E-state index contributed by atoms with van der Waals surface area (Å²) in [5, 5.41) is 24.2. The lowest BCUT2D eigenvalue weighted by Gasteiger charge is -2.34. The highest BCUT2D eigenvalue weighted by Crippen LogP contribution is 2.33. The van der Waals surface area contributed by atoms with Crippen molar-refractivity contribution in [2.45, 2.75) is 72.2 Å². The summed E-state index contributed by atoms with van der Waals surface area (Å²) < 4.78 is 5.80. The van der Waals surface area contributed by atoms with Crippen LogP contribution < -0.4 is 0 Å². The Balaban J connectivity index is 1.91. The van der Waals surface area contributed by atoms with E-state index in [1.165, 1.54) is 11.3 Å². The molecule has 2 N–H and O–H groups in total. The molecule has 0 aliphatic carbocycles. The number of hydrogen-bond donors (Lipinski definition) is 2. The number of cyclic esters (lactones) is 1. The van der Waals surface area contributed by atoms with E-state index in [1.807, 2.05) is 55.7 Å². The third-order valence-electron chi connectivity index (χ3n) is 6.86. The molecule has 3 rings (SSSR count). The molecule has 3 heterocycles. The van der Waals surface area contributed by atoms with Crippen LogP contribution in [0, 0.1) is 17.3 Å². The van der Waals surface area contributed by atoms with Gasteiger partial charge >= 0.3 is 5.97 Å². The molecule has 194 valence electrons. The van der Waals surface area contributed by atoms with Gasteiger partial charge in [-0.05, 0) is 25.5 Å². The van der Waals surface area contributed by atoms with Crippen molar-refractivity contribution in [3.05, 3.63) is 59.3 Å². The highest BCUT2D eigenvalue weighted by atomic mass is 32.1. The Bertz CT molecular complexity index is 1110. The van der Waals surface area contributed by atoms with Gasteiger partial charge in [-0.3, -0.25) is 14.6 Å². The van der Waals surface area contributed by atoms with Crippen molar-refractivity contribution in [3.8, 4) is 10.7 Å². The Hall–Kier alpha value is -2.68. The van der Waals surface area contributed by atoms with Crippen LogP contribution in [0.25, 0.3) is 10.7 Å². The van der Waals surface area contributed by atoms with Crippen LogP contribution in [0.1, 0.15) is 65.7 Å². The first-order chi connectivity index (χ1) is 17.0. The number of thiazole rings is 1. The zero-order valence-corrected chi connectivity index (χ0v) is 22.4. The monoisotopic (exact) mass is 512 g/mol. The molecule has 0 spiro atoms. The van der Waals surface area contributed by atoms with E-state index in [2.05, 4.69) is 9.97 Å². The second kappa shape index (κ2) is 12.0. The summed E-state index contributed by atoms with van der Waals surface area (Å²) >= 11 is 1.42. The van der Waals surface area contributed by atoms with E-state index < -0.39 is 35.6 Å². The number of aliphatic hydroxyl groups is 2. The minimum Gasteiger partial charge on any atom is -0.455 e. The molecule has 2 aromatic rings. The molecular formula is C28H36N2O5S. The molecule has 0 saturated heterocycles. The van der Waals surface area contributed by atoms with Gasteiger partial charge < -0.3 is 14.9 Å². The summed E-state index contributed by atoms with van der Waals surface area (Å²) in [6.07, 6.45) is 5.57. The molecule has 1 aliphatic rings. The zero-order valence-electron chi connectivity index (χ0n) is 21.5. The Labute approximate surface area is 217 Å². The molecule has 0 bridgehead atoms. The van der Waals surface area contributed by atoms with Crippen LogP contribution in [0.2, 0.25) is 0 Å². The number of Topliss-reactive ketones (excluding diaryl/α,β-unsaturated/α-hetero) is 1. The van der Waals surface area contributed by atoms with Crippen LogP contribution in [0.4, 0.5) is 0 Å². The van der Waals surface area contributed by atoms with Crippen molar-refractivity contribution in [2.75, 3.05) is 0 Å². The Morgan fingerprint density at radius 3 is 2.61 bits per heavy atom. The van der Waals surface area contributed by atoms with E-state index >= 15 is 0 Å². The SMILES string of the molecule is C/C1=C/C[C@@H](c2csc(-c3ccccn3)n2)OC(=O)C[C@H](O)C(C)(C)C(=O)[C@H](C)[C@@H](O)[C@@H](C)/C=C\C1. The lowest BCUT2D eigenvalue weighted by Crippen LogP contribution is -2.45. The van der Waals surface area contributed by atoms with E-state index in [0.29, 0.717) is 18.5 Å². The topological polar surface area (TPSA) is 110 Å². The summed E-state index contributed by atoms with van der Waals surface area (Å²) in [6, 6.07) is 5.60. The molecule has 2 aromatic heterocycles. The third kappa shape index (κ3) is 6.75. The molecule has 0 saturated carbocycles. The first kappa shape index (κ1) is 27.9. The van der Waals surface area contributed by atoms with Gasteiger partial charge in [0.1, 0.15) is 16.9 Å². The minimum absolute atomic E-state index is 0.240. The van der Waals surface area contributed by atoms with Crippen molar-refractivity contribution in [1.82, 2.24) is 9.97 Å². The van der Waals surface area contributed by atoms with E-state index in [0.717, 1.165) is 16.3 Å². The molecule has 0 aromatic carbocycles.